The second kappa shape index (κ2) is 37.6. The summed E-state index contributed by atoms with van der Waals surface area (Å²) in [7, 11) is 0. The van der Waals surface area contributed by atoms with Crippen LogP contribution in [0.25, 0.3) is 0 Å². The Kier molecular flexibility index (Phi) is 36.0. The Labute approximate surface area is 285 Å². The van der Waals surface area contributed by atoms with Crippen LogP contribution in [0.1, 0.15) is 194 Å². The molecule has 1 atom stereocenters. The van der Waals surface area contributed by atoms with Crippen molar-refractivity contribution in [2.45, 2.75) is 200 Å². The average Bonchev–Trinajstić information content (AvgIpc) is 3.06. The van der Waals surface area contributed by atoms with E-state index in [9.17, 15) is 14.7 Å². The summed E-state index contributed by atoms with van der Waals surface area (Å²) in [4.78, 5) is 24.2. The minimum Gasteiger partial charge on any atom is -0.462 e. The first-order valence-corrected chi connectivity index (χ1v) is 19.5. The fourth-order valence-electron chi connectivity index (χ4n) is 5.40. The van der Waals surface area contributed by atoms with Crippen LogP contribution in [-0.4, -0.2) is 36.4 Å². The Morgan fingerprint density at radius 3 is 1.35 bits per heavy atom. The lowest BCUT2D eigenvalue weighted by atomic mass is 10.1. The highest BCUT2D eigenvalue weighted by molar-refractivity contribution is 5.70. The van der Waals surface area contributed by atoms with Crippen LogP contribution in [0.2, 0.25) is 0 Å². The summed E-state index contributed by atoms with van der Waals surface area (Å²) in [6.45, 7) is 4.09. The lowest BCUT2D eigenvalue weighted by Crippen LogP contribution is -2.28. The van der Waals surface area contributed by atoms with E-state index in [-0.39, 0.29) is 25.2 Å². The fourth-order valence-corrected chi connectivity index (χ4v) is 5.40. The molecular formula is C41H74O5. The van der Waals surface area contributed by atoms with Crippen molar-refractivity contribution in [3.8, 4) is 0 Å². The molecule has 46 heavy (non-hydrogen) atoms. The van der Waals surface area contributed by atoms with Crippen LogP contribution < -0.4 is 0 Å². The number of aliphatic hydroxyl groups is 1. The maximum absolute atomic E-state index is 12.2. The maximum atomic E-state index is 12.2. The summed E-state index contributed by atoms with van der Waals surface area (Å²) in [6, 6.07) is 0. The van der Waals surface area contributed by atoms with Gasteiger partial charge >= 0.3 is 11.9 Å². The summed E-state index contributed by atoms with van der Waals surface area (Å²) in [6.07, 6.45) is 44.8. The Morgan fingerprint density at radius 1 is 0.500 bits per heavy atom. The van der Waals surface area contributed by atoms with Gasteiger partial charge in [0.1, 0.15) is 6.61 Å². The van der Waals surface area contributed by atoms with Crippen molar-refractivity contribution in [1.29, 1.82) is 0 Å². The first-order chi connectivity index (χ1) is 22.6. The van der Waals surface area contributed by atoms with E-state index in [1.54, 1.807) is 0 Å². The van der Waals surface area contributed by atoms with Crippen molar-refractivity contribution < 1.29 is 24.2 Å². The molecule has 0 aromatic heterocycles. The largest absolute Gasteiger partial charge is 0.462 e. The SMILES string of the molecule is CCCCCC=CCC=CCCCCCCCCCC(=O)OC[C@H](CO)OC(=O)CCCCCCCCCC=CCCCCCC. The summed E-state index contributed by atoms with van der Waals surface area (Å²) in [5.74, 6) is -0.603. The van der Waals surface area contributed by atoms with Gasteiger partial charge in [-0.2, -0.15) is 0 Å². The zero-order chi connectivity index (χ0) is 33.6. The molecule has 0 saturated carbocycles. The van der Waals surface area contributed by atoms with Gasteiger partial charge in [0.15, 0.2) is 6.10 Å². The molecular weight excluding hydrogens is 572 g/mol. The number of hydrogen-bond donors (Lipinski definition) is 1. The molecule has 5 nitrogen and oxygen atoms in total. The van der Waals surface area contributed by atoms with Crippen LogP contribution in [0.5, 0.6) is 0 Å². The Bertz CT molecular complexity index is 741. The van der Waals surface area contributed by atoms with Crippen LogP contribution in [0.3, 0.4) is 0 Å². The fraction of sp³-hybridized carbons (Fsp3) is 0.805. The zero-order valence-corrected chi connectivity index (χ0v) is 30.3. The highest BCUT2D eigenvalue weighted by Crippen LogP contribution is 2.13. The second-order valence-corrected chi connectivity index (χ2v) is 13.0. The minimum absolute atomic E-state index is 0.0706. The van der Waals surface area contributed by atoms with Crippen LogP contribution in [-0.2, 0) is 19.1 Å². The maximum Gasteiger partial charge on any atom is 0.306 e. The smallest absolute Gasteiger partial charge is 0.306 e. The van der Waals surface area contributed by atoms with Gasteiger partial charge in [0.05, 0.1) is 6.61 Å². The van der Waals surface area contributed by atoms with Gasteiger partial charge in [-0.25, -0.2) is 0 Å². The van der Waals surface area contributed by atoms with Gasteiger partial charge < -0.3 is 14.6 Å². The monoisotopic (exact) mass is 647 g/mol. The minimum atomic E-state index is -0.774. The first kappa shape index (κ1) is 44.1. The molecule has 0 spiro atoms. The Hall–Kier alpha value is -1.88. The molecule has 0 saturated heterocycles. The highest BCUT2D eigenvalue weighted by atomic mass is 16.6. The average molecular weight is 647 g/mol. The molecule has 5 heteroatoms. The van der Waals surface area contributed by atoms with Gasteiger partial charge in [-0.1, -0.05) is 147 Å². The predicted octanol–water partition coefficient (Wildman–Crippen LogP) is 12.1. The van der Waals surface area contributed by atoms with E-state index in [2.05, 4.69) is 50.3 Å². The van der Waals surface area contributed by atoms with Gasteiger partial charge in [-0.3, -0.25) is 9.59 Å². The van der Waals surface area contributed by atoms with Crippen molar-refractivity contribution in [3.05, 3.63) is 36.5 Å². The van der Waals surface area contributed by atoms with Gasteiger partial charge in [-0.05, 0) is 70.6 Å². The Morgan fingerprint density at radius 2 is 0.870 bits per heavy atom. The predicted molar refractivity (Wildman–Crippen MR) is 196 cm³/mol. The number of hydrogen-bond acceptors (Lipinski definition) is 5. The first-order valence-electron chi connectivity index (χ1n) is 19.5. The van der Waals surface area contributed by atoms with Crippen molar-refractivity contribution in [2.75, 3.05) is 13.2 Å². The molecule has 0 bridgehead atoms. The van der Waals surface area contributed by atoms with E-state index < -0.39 is 6.10 Å². The third-order valence-electron chi connectivity index (χ3n) is 8.41. The van der Waals surface area contributed by atoms with E-state index in [4.69, 9.17) is 9.47 Å². The summed E-state index contributed by atoms with van der Waals surface area (Å²) < 4.78 is 10.6. The number of carbonyl (C=O) groups is 2. The molecule has 0 rings (SSSR count). The molecule has 0 fully saturated rings. The van der Waals surface area contributed by atoms with Crippen molar-refractivity contribution in [3.63, 3.8) is 0 Å². The molecule has 0 aliphatic heterocycles. The van der Waals surface area contributed by atoms with Crippen LogP contribution in [0.4, 0.5) is 0 Å². The number of ether oxygens (including phenoxy) is 2. The third-order valence-corrected chi connectivity index (χ3v) is 8.41. The molecule has 0 aliphatic rings. The third kappa shape index (κ3) is 35.0. The number of carbonyl (C=O) groups excluding carboxylic acids is 2. The normalized spacial score (nSPS) is 12.5. The molecule has 268 valence electrons. The number of allylic oxidation sites excluding steroid dienone is 6. The lowest BCUT2D eigenvalue weighted by molar-refractivity contribution is -0.161. The molecule has 0 aromatic rings. The lowest BCUT2D eigenvalue weighted by Gasteiger charge is -2.15. The van der Waals surface area contributed by atoms with Crippen molar-refractivity contribution in [2.24, 2.45) is 0 Å². The number of aliphatic hydroxyl groups excluding tert-OH is 1. The summed E-state index contributed by atoms with van der Waals surface area (Å²) in [5.41, 5.74) is 0. The van der Waals surface area contributed by atoms with E-state index in [1.807, 2.05) is 0 Å². The van der Waals surface area contributed by atoms with Crippen molar-refractivity contribution >= 4 is 11.9 Å². The molecule has 0 heterocycles. The number of esters is 2. The van der Waals surface area contributed by atoms with E-state index >= 15 is 0 Å². The second-order valence-electron chi connectivity index (χ2n) is 13.0. The van der Waals surface area contributed by atoms with Crippen molar-refractivity contribution in [1.82, 2.24) is 0 Å². The zero-order valence-electron chi connectivity index (χ0n) is 30.3. The molecule has 0 radical (unpaired) electrons. The molecule has 0 aromatic carbocycles. The van der Waals surface area contributed by atoms with Crippen LogP contribution in [0, 0.1) is 0 Å². The summed E-state index contributed by atoms with van der Waals surface area (Å²) >= 11 is 0. The standard InChI is InChI=1S/C41H74O5/c1-3-5-7-9-11-13-15-17-19-20-22-23-25-27-29-31-33-35-40(43)45-38-39(37-42)46-41(44)36-34-32-30-28-26-24-21-18-16-14-12-10-8-6-4-2/h11,13-14,16-17,19,39,42H,3-10,12,15,18,20-38H2,1-2H3/t39-/m0/s1. The van der Waals surface area contributed by atoms with Gasteiger partial charge in [0, 0.05) is 12.8 Å². The molecule has 0 unspecified atom stereocenters. The van der Waals surface area contributed by atoms with E-state index in [0.29, 0.717) is 12.8 Å². The molecule has 1 N–H and O–H groups in total. The van der Waals surface area contributed by atoms with Gasteiger partial charge in [0.25, 0.3) is 0 Å². The molecule has 0 amide bonds. The quantitative estimate of drug-likeness (QED) is 0.0421. The topological polar surface area (TPSA) is 72.8 Å². The van der Waals surface area contributed by atoms with E-state index in [0.717, 1.165) is 51.4 Å². The summed E-state index contributed by atoms with van der Waals surface area (Å²) in [5, 5.41) is 9.54. The number of rotatable bonds is 35. The van der Waals surface area contributed by atoms with E-state index in [1.165, 1.54) is 116 Å². The van der Waals surface area contributed by atoms with Crippen LogP contribution in [0.15, 0.2) is 36.5 Å². The Balaban J connectivity index is 3.57. The molecule has 0 aliphatic carbocycles. The van der Waals surface area contributed by atoms with Crippen LogP contribution >= 0.6 is 0 Å². The highest BCUT2D eigenvalue weighted by Gasteiger charge is 2.16. The van der Waals surface area contributed by atoms with Gasteiger partial charge in [-0.15, -0.1) is 0 Å². The van der Waals surface area contributed by atoms with Gasteiger partial charge in [0.2, 0.25) is 0 Å². The number of unbranched alkanes of at least 4 members (excludes halogenated alkanes) is 21.